The molecule has 19 nitrogen and oxygen atoms in total. The second-order valence-corrected chi connectivity index (χ2v) is 23.9. The number of amides is 1. The van der Waals surface area contributed by atoms with Crippen LogP contribution in [0.5, 0.6) is 0 Å². The lowest BCUT2D eigenvalue weighted by Gasteiger charge is -2.48. The van der Waals surface area contributed by atoms with Crippen molar-refractivity contribution in [2.45, 2.75) is 330 Å². The second-order valence-electron chi connectivity index (χ2n) is 23.9. The van der Waals surface area contributed by atoms with Crippen LogP contribution in [-0.4, -0.2) is 193 Å². The third kappa shape index (κ3) is 31.5. The third-order valence-corrected chi connectivity index (χ3v) is 16.6. The predicted octanol–water partition coefficient (Wildman–Crippen LogP) is 7.99. The topological polar surface area (TPSA) is 307 Å². The van der Waals surface area contributed by atoms with E-state index in [1.165, 1.54) is 122 Å². The van der Waals surface area contributed by atoms with Gasteiger partial charge in [0.15, 0.2) is 18.9 Å². The van der Waals surface area contributed by atoms with Gasteiger partial charge in [0.05, 0.1) is 38.6 Å². The first-order valence-electron chi connectivity index (χ1n) is 33.5. The van der Waals surface area contributed by atoms with Gasteiger partial charge in [-0.1, -0.05) is 222 Å². The van der Waals surface area contributed by atoms with E-state index in [4.69, 9.17) is 28.4 Å². The van der Waals surface area contributed by atoms with Gasteiger partial charge in [0, 0.05) is 6.42 Å². The summed E-state index contributed by atoms with van der Waals surface area (Å²) in [5, 5.41) is 120. The number of carbonyl (C=O) groups excluding carboxylic acids is 1. The maximum absolute atomic E-state index is 13.4. The Morgan fingerprint density at radius 3 is 1.26 bits per heavy atom. The maximum Gasteiger partial charge on any atom is 0.220 e. The van der Waals surface area contributed by atoms with Crippen molar-refractivity contribution < 1.29 is 89.4 Å². The van der Waals surface area contributed by atoms with Crippen LogP contribution < -0.4 is 5.32 Å². The Morgan fingerprint density at radius 1 is 0.430 bits per heavy atom. The summed E-state index contributed by atoms with van der Waals surface area (Å²) in [6.07, 6.45) is 32.0. The van der Waals surface area contributed by atoms with Gasteiger partial charge in [-0.25, -0.2) is 0 Å². The highest BCUT2D eigenvalue weighted by Gasteiger charge is 2.53. The number of allylic oxidation sites excluding steroid dienone is 9. The van der Waals surface area contributed by atoms with Crippen LogP contribution in [0, 0.1) is 0 Å². The minimum atomic E-state index is -1.98. The van der Waals surface area contributed by atoms with Gasteiger partial charge < -0.3 is 89.9 Å². The molecule has 3 aliphatic heterocycles. The van der Waals surface area contributed by atoms with E-state index in [1.54, 1.807) is 6.08 Å². The fourth-order valence-electron chi connectivity index (χ4n) is 11.1. The summed E-state index contributed by atoms with van der Waals surface area (Å²) in [5.74, 6) is -0.299. The largest absolute Gasteiger partial charge is 0.394 e. The summed E-state index contributed by atoms with van der Waals surface area (Å²) in [6.45, 7) is 1.60. The average Bonchev–Trinajstić information content (AvgIpc) is 2.24. The van der Waals surface area contributed by atoms with Crippen molar-refractivity contribution in [3.05, 3.63) is 60.8 Å². The molecular formula is C67H119NO18. The lowest BCUT2D eigenvalue weighted by molar-refractivity contribution is -0.379. The number of unbranched alkanes of at least 4 members (excludes halogenated alkanes) is 26. The molecular weight excluding hydrogens is 1110 g/mol. The van der Waals surface area contributed by atoms with Crippen molar-refractivity contribution >= 4 is 5.91 Å². The summed E-state index contributed by atoms with van der Waals surface area (Å²) < 4.78 is 34.3. The van der Waals surface area contributed by atoms with Crippen molar-refractivity contribution in [1.82, 2.24) is 5.32 Å². The normalized spacial score (nSPS) is 29.2. The van der Waals surface area contributed by atoms with Crippen molar-refractivity contribution in [1.29, 1.82) is 0 Å². The lowest BCUT2D eigenvalue weighted by atomic mass is 9.96. The zero-order chi connectivity index (χ0) is 62.6. The number of aliphatic hydroxyl groups is 11. The first-order chi connectivity index (χ1) is 41.8. The first kappa shape index (κ1) is 77.7. The number of aliphatic hydroxyl groups excluding tert-OH is 11. The molecule has 19 heteroatoms. The van der Waals surface area contributed by atoms with Crippen LogP contribution in [0.1, 0.15) is 226 Å². The van der Waals surface area contributed by atoms with Crippen LogP contribution in [0.4, 0.5) is 0 Å². The highest BCUT2D eigenvalue weighted by atomic mass is 16.8. The molecule has 0 aromatic heterocycles. The predicted molar refractivity (Wildman–Crippen MR) is 332 cm³/mol. The van der Waals surface area contributed by atoms with E-state index in [9.17, 15) is 61.0 Å². The third-order valence-electron chi connectivity index (χ3n) is 16.6. The van der Waals surface area contributed by atoms with E-state index < -0.39 is 124 Å². The van der Waals surface area contributed by atoms with Crippen LogP contribution in [0.15, 0.2) is 60.8 Å². The Morgan fingerprint density at radius 2 is 0.802 bits per heavy atom. The van der Waals surface area contributed by atoms with Gasteiger partial charge in [-0.05, 0) is 57.8 Å². The molecule has 17 atom stereocenters. The average molecular weight is 1230 g/mol. The standard InChI is InChI=1S/C67H119NO18/c1-3-5-7-9-11-13-15-17-19-21-22-23-24-25-26-27-29-30-32-34-36-38-40-42-44-51(72)50(68-55(73)45-43-41-39-37-35-33-31-28-20-18-16-14-12-10-8-6-4-2)49-81-65-61(79)58(76)63(53(47-70)83-65)86-67-62(80)59(77)64(54(48-71)84-67)85-66-60(78)57(75)56(74)52(46-69)82-66/h6,8,12,14,18,20,31,33,42,44,50-54,56-67,69-72,74-80H,3-5,7,9-11,13,15-17,19,21-30,32,34-41,43,45-49H2,1-2H3,(H,68,73)/b8-6-,14-12-,20-18-,33-31-,44-42+. The zero-order valence-corrected chi connectivity index (χ0v) is 52.5. The number of carbonyl (C=O) groups is 1. The Hall–Kier alpha value is -2.51. The van der Waals surface area contributed by atoms with E-state index >= 15 is 0 Å². The molecule has 3 heterocycles. The molecule has 0 saturated carbocycles. The fraction of sp³-hybridized carbons (Fsp3) is 0.836. The quantitative estimate of drug-likeness (QED) is 0.0203. The van der Waals surface area contributed by atoms with E-state index in [1.807, 2.05) is 6.08 Å². The van der Waals surface area contributed by atoms with Crippen LogP contribution in [0.25, 0.3) is 0 Å². The molecule has 0 aromatic rings. The Balaban J connectivity index is 1.46. The summed E-state index contributed by atoms with van der Waals surface area (Å²) in [6, 6.07) is -0.989. The van der Waals surface area contributed by atoms with Crippen LogP contribution in [0.2, 0.25) is 0 Å². The Kier molecular flexibility index (Phi) is 44.5. The van der Waals surface area contributed by atoms with Crippen molar-refractivity contribution in [3.8, 4) is 0 Å². The molecule has 500 valence electrons. The molecule has 3 rings (SSSR count). The molecule has 0 bridgehead atoms. The smallest absolute Gasteiger partial charge is 0.220 e. The van der Waals surface area contributed by atoms with Gasteiger partial charge in [-0.15, -0.1) is 0 Å². The monoisotopic (exact) mass is 1230 g/mol. The van der Waals surface area contributed by atoms with E-state index in [0.29, 0.717) is 6.42 Å². The molecule has 0 radical (unpaired) electrons. The molecule has 0 aromatic carbocycles. The van der Waals surface area contributed by atoms with Crippen molar-refractivity contribution in [2.24, 2.45) is 0 Å². The van der Waals surface area contributed by atoms with Crippen LogP contribution in [0.3, 0.4) is 0 Å². The molecule has 86 heavy (non-hydrogen) atoms. The van der Waals surface area contributed by atoms with E-state index in [2.05, 4.69) is 67.8 Å². The summed E-state index contributed by atoms with van der Waals surface area (Å²) in [5.41, 5.74) is 0. The molecule has 0 aliphatic carbocycles. The minimum absolute atomic E-state index is 0.213. The van der Waals surface area contributed by atoms with Crippen molar-refractivity contribution in [3.63, 3.8) is 0 Å². The Bertz CT molecular complexity index is 1800. The summed E-state index contributed by atoms with van der Waals surface area (Å²) in [4.78, 5) is 13.4. The molecule has 3 fully saturated rings. The highest BCUT2D eigenvalue weighted by molar-refractivity contribution is 5.76. The van der Waals surface area contributed by atoms with Crippen molar-refractivity contribution in [2.75, 3.05) is 26.4 Å². The van der Waals surface area contributed by atoms with Gasteiger partial charge in [0.1, 0.15) is 73.2 Å². The van der Waals surface area contributed by atoms with Crippen LogP contribution in [-0.2, 0) is 33.2 Å². The molecule has 1 amide bonds. The van der Waals surface area contributed by atoms with Crippen LogP contribution >= 0.6 is 0 Å². The van der Waals surface area contributed by atoms with E-state index in [0.717, 1.165) is 77.0 Å². The molecule has 0 spiro atoms. The zero-order valence-electron chi connectivity index (χ0n) is 52.5. The number of rotatable bonds is 50. The first-order valence-corrected chi connectivity index (χ1v) is 33.5. The second kappa shape index (κ2) is 49.2. The summed E-state index contributed by atoms with van der Waals surface area (Å²) in [7, 11) is 0. The summed E-state index contributed by atoms with van der Waals surface area (Å²) >= 11 is 0. The highest BCUT2D eigenvalue weighted by Crippen LogP contribution is 2.33. The minimum Gasteiger partial charge on any atom is -0.394 e. The number of nitrogens with one attached hydrogen (secondary N) is 1. The molecule has 3 saturated heterocycles. The molecule has 3 aliphatic rings. The molecule has 17 unspecified atom stereocenters. The molecule has 12 N–H and O–H groups in total. The number of hydrogen-bond donors (Lipinski definition) is 12. The maximum atomic E-state index is 13.4. The van der Waals surface area contributed by atoms with Gasteiger partial charge in [-0.2, -0.15) is 0 Å². The van der Waals surface area contributed by atoms with Gasteiger partial charge >= 0.3 is 0 Å². The number of ether oxygens (including phenoxy) is 6. The SMILES string of the molecule is CC/C=C\C/C=C\C/C=C\C/C=C\CCCCCCC(=O)NC(COC1OC(CO)C(OC2OC(CO)C(OC3OC(CO)C(O)C(O)C3O)C(O)C2O)C(O)C1O)C(O)/C=C/CCCCCCCCCCCCCCCCCCCCCCCC. The Labute approximate surface area is 515 Å². The van der Waals surface area contributed by atoms with Gasteiger partial charge in [0.25, 0.3) is 0 Å². The van der Waals surface area contributed by atoms with Gasteiger partial charge in [-0.3, -0.25) is 4.79 Å². The lowest BCUT2D eigenvalue weighted by Crippen LogP contribution is -2.66. The number of hydrogen-bond acceptors (Lipinski definition) is 18. The fourth-order valence-corrected chi connectivity index (χ4v) is 11.1. The van der Waals surface area contributed by atoms with E-state index in [-0.39, 0.29) is 18.9 Å². The van der Waals surface area contributed by atoms with Gasteiger partial charge in [0.2, 0.25) is 5.91 Å².